The number of allylic oxidation sites excluding steroid dienone is 2. The third-order valence-electron chi connectivity index (χ3n) is 7.39. The third kappa shape index (κ3) is 4.78. The van der Waals surface area contributed by atoms with Crippen molar-refractivity contribution in [3.63, 3.8) is 0 Å². The molecule has 1 N–H and O–H groups in total. The molecule has 2 aliphatic heterocycles. The molecule has 0 radical (unpaired) electrons. The molecule has 3 aliphatic rings. The van der Waals surface area contributed by atoms with E-state index in [0.717, 1.165) is 68.3 Å². The number of halogens is 3. The largest absolute Gasteiger partial charge is 1.00 e. The maximum absolute atomic E-state index is 6.88. The Morgan fingerprint density at radius 3 is 2.49 bits per heavy atom. The third-order valence-corrected chi connectivity index (χ3v) is 8.94. The zero-order chi connectivity index (χ0) is 25.6. The average Bonchev–Trinajstić information content (AvgIpc) is 3.37. The standard InChI is InChI=1S/C31H24Cl2N2O2S.BrH/c32-24-10-3-1-6-19(24)16-21-7-5-9-23-29(21)34-31-35(30(23)22-8-2-4-11-25(22)33)26(18-38-31)20-12-13-27-28(17-20)37-15-14-36-27;/h1-4,6,8,10-13,16-18,30H,5,7,9,14-15H2;1H/b21-16+;. The van der Waals surface area contributed by atoms with Crippen LogP contribution in [0.1, 0.15) is 36.4 Å². The predicted molar refractivity (Wildman–Crippen MR) is 154 cm³/mol. The van der Waals surface area contributed by atoms with Crippen molar-refractivity contribution in [2.75, 3.05) is 18.5 Å². The van der Waals surface area contributed by atoms with Crippen LogP contribution in [0.25, 0.3) is 17.3 Å². The summed E-state index contributed by atoms with van der Waals surface area (Å²) in [6.45, 7) is 1.14. The predicted octanol–water partition coefficient (Wildman–Crippen LogP) is 5.32. The van der Waals surface area contributed by atoms with Crippen molar-refractivity contribution in [3.05, 3.63) is 110 Å². The Morgan fingerprint density at radius 1 is 0.897 bits per heavy atom. The van der Waals surface area contributed by atoms with Crippen LogP contribution in [0.5, 0.6) is 11.5 Å². The number of hydrogen-bond donors (Lipinski definition) is 1. The fourth-order valence-corrected chi connectivity index (χ4v) is 7.04. The molecular weight excluding hydrogens is 615 g/mol. The van der Waals surface area contributed by atoms with Crippen molar-refractivity contribution in [1.29, 1.82) is 0 Å². The van der Waals surface area contributed by atoms with Gasteiger partial charge in [-0.2, -0.15) is 0 Å². The highest BCUT2D eigenvalue weighted by molar-refractivity contribution is 7.13. The first-order chi connectivity index (χ1) is 18.7. The van der Waals surface area contributed by atoms with Gasteiger partial charge in [0.15, 0.2) is 17.5 Å². The molecule has 8 heteroatoms. The number of ether oxygens (including phenoxy) is 2. The van der Waals surface area contributed by atoms with Gasteiger partial charge in [-0.05, 0) is 66.8 Å². The van der Waals surface area contributed by atoms with Crippen molar-refractivity contribution in [2.24, 2.45) is 0 Å². The molecular formula is C31H25BrCl2N2O2S. The van der Waals surface area contributed by atoms with E-state index in [1.807, 2.05) is 36.4 Å². The molecule has 4 nitrogen and oxygen atoms in total. The minimum Gasteiger partial charge on any atom is -1.00 e. The summed E-state index contributed by atoms with van der Waals surface area (Å²) in [6, 6.07) is 22.4. The lowest BCUT2D eigenvalue weighted by atomic mass is 9.83. The molecule has 39 heavy (non-hydrogen) atoms. The van der Waals surface area contributed by atoms with Gasteiger partial charge in [0, 0.05) is 32.1 Å². The van der Waals surface area contributed by atoms with E-state index >= 15 is 0 Å². The second-order valence-electron chi connectivity index (χ2n) is 9.65. The highest BCUT2D eigenvalue weighted by Crippen LogP contribution is 2.46. The fourth-order valence-electron chi connectivity index (χ4n) is 5.66. The summed E-state index contributed by atoms with van der Waals surface area (Å²) in [5, 5.41) is 8.63. The van der Waals surface area contributed by atoms with E-state index in [0.29, 0.717) is 13.2 Å². The second kappa shape index (κ2) is 11.0. The van der Waals surface area contributed by atoms with Crippen molar-refractivity contribution in [1.82, 2.24) is 0 Å². The van der Waals surface area contributed by atoms with Gasteiger partial charge in [0.25, 0.3) is 0 Å². The number of nitrogens with zero attached hydrogens (tertiary/aromatic N) is 1. The molecule has 0 fully saturated rings. The first kappa shape index (κ1) is 26.5. The van der Waals surface area contributed by atoms with E-state index in [2.05, 4.69) is 51.7 Å². The van der Waals surface area contributed by atoms with Crippen LogP contribution in [0.4, 0.5) is 5.13 Å². The highest BCUT2D eigenvalue weighted by atomic mass is 79.9. The number of nitrogens with one attached hydrogen (secondary N) is 1. The topological polar surface area (TPSA) is 34.4 Å². The van der Waals surface area contributed by atoms with Gasteiger partial charge in [-0.15, -0.1) is 0 Å². The van der Waals surface area contributed by atoms with Crippen LogP contribution in [-0.4, -0.2) is 13.2 Å². The summed E-state index contributed by atoms with van der Waals surface area (Å²) < 4.78 is 14.1. The summed E-state index contributed by atoms with van der Waals surface area (Å²) in [7, 11) is 0. The van der Waals surface area contributed by atoms with Gasteiger partial charge >= 0.3 is 5.13 Å². The minimum absolute atomic E-state index is 0. The van der Waals surface area contributed by atoms with Crippen LogP contribution < -0.4 is 36.3 Å². The van der Waals surface area contributed by atoms with Gasteiger partial charge in [0.2, 0.25) is 0 Å². The summed E-state index contributed by atoms with van der Waals surface area (Å²) in [5.74, 6) is 1.58. The van der Waals surface area contributed by atoms with Gasteiger partial charge in [0.05, 0.1) is 0 Å². The highest BCUT2D eigenvalue weighted by Gasteiger charge is 2.41. The number of benzene rings is 3. The Labute approximate surface area is 252 Å². The Bertz CT molecular complexity index is 1630. The van der Waals surface area contributed by atoms with Gasteiger partial charge in [-0.1, -0.05) is 70.9 Å². The number of aromatic nitrogens is 1. The molecule has 1 atom stereocenters. The second-order valence-corrected chi connectivity index (χ2v) is 11.3. The summed E-state index contributed by atoms with van der Waals surface area (Å²) in [6.07, 6.45) is 5.28. The number of fused-ring (bicyclic) bond motifs is 2. The van der Waals surface area contributed by atoms with E-state index in [4.69, 9.17) is 32.7 Å². The van der Waals surface area contributed by atoms with Gasteiger partial charge in [0.1, 0.15) is 24.6 Å². The Kier molecular flexibility index (Phi) is 7.47. The van der Waals surface area contributed by atoms with Crippen molar-refractivity contribution in [2.45, 2.75) is 25.3 Å². The molecule has 198 valence electrons. The zero-order valence-electron chi connectivity index (χ0n) is 20.9. The van der Waals surface area contributed by atoms with E-state index in [1.54, 1.807) is 11.3 Å². The van der Waals surface area contributed by atoms with Gasteiger partial charge in [-0.3, -0.25) is 0 Å². The summed E-state index contributed by atoms with van der Waals surface area (Å²) in [5.41, 5.74) is 8.16. The molecule has 0 amide bonds. The maximum Gasteiger partial charge on any atom is 0.340 e. The molecule has 1 aromatic heterocycles. The molecule has 1 unspecified atom stereocenters. The van der Waals surface area contributed by atoms with E-state index < -0.39 is 0 Å². The lowest BCUT2D eigenvalue weighted by molar-refractivity contribution is -0.679. The Balaban J connectivity index is 0.00000277. The maximum atomic E-state index is 6.88. The quantitative estimate of drug-likeness (QED) is 0.308. The van der Waals surface area contributed by atoms with Crippen LogP contribution in [-0.2, 0) is 0 Å². The molecule has 4 aromatic rings. The van der Waals surface area contributed by atoms with Gasteiger partial charge in [-0.25, -0.2) is 9.88 Å². The first-order valence-electron chi connectivity index (χ1n) is 12.8. The van der Waals surface area contributed by atoms with Crippen LogP contribution >= 0.6 is 34.5 Å². The Hall–Kier alpha value is -2.77. The molecule has 1 aliphatic carbocycles. The minimum atomic E-state index is -0.0284. The molecule has 0 saturated carbocycles. The van der Waals surface area contributed by atoms with E-state index in [1.165, 1.54) is 16.8 Å². The van der Waals surface area contributed by atoms with Crippen molar-refractivity contribution in [3.8, 4) is 22.8 Å². The Morgan fingerprint density at radius 2 is 1.67 bits per heavy atom. The summed E-state index contributed by atoms with van der Waals surface area (Å²) >= 11 is 15.1. The van der Waals surface area contributed by atoms with Crippen molar-refractivity contribution >= 4 is 45.7 Å². The molecule has 0 saturated heterocycles. The molecule has 0 spiro atoms. The average molecular weight is 640 g/mol. The van der Waals surface area contributed by atoms with E-state index in [-0.39, 0.29) is 23.0 Å². The SMILES string of the molecule is Clc1ccccc1/C=C1\CCCC2=C1Nc1scc(-c3ccc4c(c3)OCCO4)[n+]1C2c1ccccc1Cl.[Br-]. The van der Waals surface area contributed by atoms with Gasteiger partial charge < -0.3 is 26.5 Å². The summed E-state index contributed by atoms with van der Waals surface area (Å²) in [4.78, 5) is 0. The van der Waals surface area contributed by atoms with E-state index in [9.17, 15) is 0 Å². The molecule has 3 heterocycles. The first-order valence-corrected chi connectivity index (χ1v) is 14.4. The lowest BCUT2D eigenvalue weighted by Gasteiger charge is -2.31. The number of rotatable bonds is 3. The normalized spacial score (nSPS) is 18.6. The zero-order valence-corrected chi connectivity index (χ0v) is 24.8. The number of hydrogen-bond acceptors (Lipinski definition) is 4. The van der Waals surface area contributed by atoms with Crippen LogP contribution in [0, 0.1) is 0 Å². The smallest absolute Gasteiger partial charge is 0.340 e. The van der Waals surface area contributed by atoms with Crippen LogP contribution in [0.15, 0.2) is 89.0 Å². The lowest BCUT2D eigenvalue weighted by Crippen LogP contribution is -3.00. The molecule has 3 aromatic carbocycles. The monoisotopic (exact) mass is 638 g/mol. The van der Waals surface area contributed by atoms with Crippen LogP contribution in [0.2, 0.25) is 10.0 Å². The number of anilines is 1. The molecule has 7 rings (SSSR count). The molecule has 0 bridgehead atoms. The number of thiazole rings is 1. The van der Waals surface area contributed by atoms with Crippen molar-refractivity contribution < 1.29 is 31.0 Å². The fraction of sp³-hybridized carbons (Fsp3) is 0.194. The van der Waals surface area contributed by atoms with Crippen LogP contribution in [0.3, 0.4) is 0 Å².